The van der Waals surface area contributed by atoms with Crippen molar-refractivity contribution in [3.63, 3.8) is 0 Å². The fourth-order valence-electron chi connectivity index (χ4n) is 2.06. The monoisotopic (exact) mass is 332 g/mol. The number of phenolic OH excluding ortho intramolecular Hbond substituents is 3. The lowest BCUT2D eigenvalue weighted by atomic mass is 9.99. The van der Waals surface area contributed by atoms with E-state index in [1.54, 1.807) is 0 Å². The molecule has 2 rings (SSSR count). The SMILES string of the molecule is O=C(OC1OC(CO)C(O)C(O)[C@@H]1O)c1cc(O)c(O)c(O)c1. The van der Waals surface area contributed by atoms with Crippen LogP contribution in [0.5, 0.6) is 17.2 Å². The van der Waals surface area contributed by atoms with E-state index in [-0.39, 0.29) is 5.56 Å². The highest BCUT2D eigenvalue weighted by atomic mass is 16.7. The maximum absolute atomic E-state index is 11.9. The fourth-order valence-corrected chi connectivity index (χ4v) is 2.06. The highest BCUT2D eigenvalue weighted by molar-refractivity contribution is 5.91. The zero-order valence-electron chi connectivity index (χ0n) is 11.6. The molecule has 0 aromatic heterocycles. The molecule has 0 bridgehead atoms. The van der Waals surface area contributed by atoms with Gasteiger partial charge < -0.3 is 45.2 Å². The lowest BCUT2D eigenvalue weighted by Gasteiger charge is -2.39. The molecule has 1 aromatic carbocycles. The third-order valence-corrected chi connectivity index (χ3v) is 3.38. The van der Waals surface area contributed by atoms with Crippen molar-refractivity contribution >= 4 is 5.97 Å². The molecule has 128 valence electrons. The van der Waals surface area contributed by atoms with Crippen molar-refractivity contribution in [3.05, 3.63) is 17.7 Å². The van der Waals surface area contributed by atoms with Crippen LogP contribution in [-0.2, 0) is 9.47 Å². The molecule has 10 nitrogen and oxygen atoms in total. The van der Waals surface area contributed by atoms with Crippen LogP contribution < -0.4 is 0 Å². The summed E-state index contributed by atoms with van der Waals surface area (Å²) in [4.78, 5) is 11.9. The van der Waals surface area contributed by atoms with Gasteiger partial charge in [-0.1, -0.05) is 0 Å². The van der Waals surface area contributed by atoms with Gasteiger partial charge in [-0.25, -0.2) is 4.79 Å². The van der Waals surface area contributed by atoms with E-state index in [2.05, 4.69) is 0 Å². The number of carbonyl (C=O) groups is 1. The quantitative estimate of drug-likeness (QED) is 0.236. The number of aromatic hydroxyl groups is 3. The van der Waals surface area contributed by atoms with Gasteiger partial charge in [-0.2, -0.15) is 0 Å². The first kappa shape index (κ1) is 17.2. The Kier molecular flexibility index (Phi) is 4.92. The van der Waals surface area contributed by atoms with Crippen LogP contribution >= 0.6 is 0 Å². The standard InChI is InChI=1S/C13H16O10/c14-3-7-9(18)10(19)11(20)13(22-7)23-12(21)4-1-5(15)8(17)6(16)2-4/h1-2,7,9-11,13-20H,3H2/t7?,9?,10?,11-,13?/m0/s1. The first-order chi connectivity index (χ1) is 10.8. The summed E-state index contributed by atoms with van der Waals surface area (Å²) < 4.78 is 9.77. The largest absolute Gasteiger partial charge is 0.504 e. The van der Waals surface area contributed by atoms with Crippen molar-refractivity contribution in [2.45, 2.75) is 30.7 Å². The lowest BCUT2D eigenvalue weighted by Crippen LogP contribution is -2.59. The summed E-state index contributed by atoms with van der Waals surface area (Å²) >= 11 is 0. The van der Waals surface area contributed by atoms with Crippen LogP contribution in [0.3, 0.4) is 0 Å². The lowest BCUT2D eigenvalue weighted by molar-refractivity contribution is -0.285. The van der Waals surface area contributed by atoms with Gasteiger partial charge in [-0.05, 0) is 12.1 Å². The Morgan fingerprint density at radius 2 is 1.61 bits per heavy atom. The molecule has 0 radical (unpaired) electrons. The molecular formula is C13H16O10. The minimum absolute atomic E-state index is 0.366. The molecule has 0 saturated carbocycles. The van der Waals surface area contributed by atoms with Gasteiger partial charge in [-0.15, -0.1) is 0 Å². The van der Waals surface area contributed by atoms with Crippen molar-refractivity contribution in [1.82, 2.24) is 0 Å². The summed E-state index contributed by atoms with van der Waals surface area (Å²) in [5.41, 5.74) is -0.366. The van der Waals surface area contributed by atoms with E-state index >= 15 is 0 Å². The second kappa shape index (κ2) is 6.56. The highest BCUT2D eigenvalue weighted by Gasteiger charge is 2.45. The number of hydrogen-bond donors (Lipinski definition) is 7. The second-order valence-corrected chi connectivity index (χ2v) is 4.97. The molecular weight excluding hydrogens is 316 g/mol. The summed E-state index contributed by atoms with van der Waals surface area (Å²) in [5, 5.41) is 65.8. The maximum atomic E-state index is 11.9. The van der Waals surface area contributed by atoms with E-state index in [0.717, 1.165) is 12.1 Å². The fraction of sp³-hybridized carbons (Fsp3) is 0.462. The summed E-state index contributed by atoms with van der Waals surface area (Å²) in [7, 11) is 0. The summed E-state index contributed by atoms with van der Waals surface area (Å²) in [6.07, 6.45) is -8.06. The average molecular weight is 332 g/mol. The number of aliphatic hydroxyl groups excluding tert-OH is 4. The smallest absolute Gasteiger partial charge is 0.340 e. The molecule has 1 aromatic rings. The molecule has 0 amide bonds. The predicted molar refractivity (Wildman–Crippen MR) is 70.6 cm³/mol. The Morgan fingerprint density at radius 1 is 1.04 bits per heavy atom. The van der Waals surface area contributed by atoms with Crippen molar-refractivity contribution in [2.75, 3.05) is 6.61 Å². The first-order valence-corrected chi connectivity index (χ1v) is 6.52. The molecule has 23 heavy (non-hydrogen) atoms. The highest BCUT2D eigenvalue weighted by Crippen LogP contribution is 2.35. The minimum Gasteiger partial charge on any atom is -0.504 e. The van der Waals surface area contributed by atoms with Gasteiger partial charge in [0.1, 0.15) is 24.4 Å². The molecule has 1 aliphatic rings. The van der Waals surface area contributed by atoms with Gasteiger partial charge in [0.25, 0.3) is 0 Å². The van der Waals surface area contributed by atoms with Gasteiger partial charge in [0.05, 0.1) is 12.2 Å². The number of rotatable bonds is 3. The topological polar surface area (TPSA) is 177 Å². The number of aliphatic hydroxyl groups is 4. The van der Waals surface area contributed by atoms with Crippen molar-refractivity contribution < 1.29 is 50.0 Å². The molecule has 1 saturated heterocycles. The van der Waals surface area contributed by atoms with E-state index < -0.39 is 60.5 Å². The number of phenols is 3. The number of ether oxygens (including phenoxy) is 2. The van der Waals surface area contributed by atoms with Crippen LogP contribution in [0.2, 0.25) is 0 Å². The molecule has 0 aliphatic carbocycles. The van der Waals surface area contributed by atoms with Crippen molar-refractivity contribution in [2.24, 2.45) is 0 Å². The Hall–Kier alpha value is -2.11. The number of benzene rings is 1. The Labute approximate surface area is 129 Å². The second-order valence-electron chi connectivity index (χ2n) is 4.97. The summed E-state index contributed by atoms with van der Waals surface area (Å²) in [6.45, 7) is -0.695. The van der Waals surface area contributed by atoms with Crippen LogP contribution in [0.1, 0.15) is 10.4 Å². The van der Waals surface area contributed by atoms with Gasteiger partial charge in [0.2, 0.25) is 6.29 Å². The van der Waals surface area contributed by atoms with Crippen LogP contribution in [0.25, 0.3) is 0 Å². The third-order valence-electron chi connectivity index (χ3n) is 3.38. The zero-order chi connectivity index (χ0) is 17.3. The summed E-state index contributed by atoms with van der Waals surface area (Å²) in [6, 6.07) is 1.61. The van der Waals surface area contributed by atoms with Crippen molar-refractivity contribution in [3.8, 4) is 17.2 Å². The normalized spacial score (nSPS) is 30.9. The third kappa shape index (κ3) is 3.30. The number of esters is 1. The van der Waals surface area contributed by atoms with Gasteiger partial charge in [0, 0.05) is 0 Å². The zero-order valence-corrected chi connectivity index (χ0v) is 11.6. The molecule has 5 atom stereocenters. The Bertz CT molecular complexity index is 563. The number of hydrogen-bond acceptors (Lipinski definition) is 10. The maximum Gasteiger partial charge on any atom is 0.340 e. The van der Waals surface area contributed by atoms with E-state index in [1.165, 1.54) is 0 Å². The summed E-state index contributed by atoms with van der Waals surface area (Å²) in [5.74, 6) is -3.52. The van der Waals surface area contributed by atoms with Gasteiger partial charge in [-0.3, -0.25) is 0 Å². The van der Waals surface area contributed by atoms with Crippen LogP contribution in [0, 0.1) is 0 Å². The molecule has 1 fully saturated rings. The van der Waals surface area contributed by atoms with Crippen molar-refractivity contribution in [1.29, 1.82) is 0 Å². The Balaban J connectivity index is 2.16. The van der Waals surface area contributed by atoms with Gasteiger partial charge >= 0.3 is 5.97 Å². The molecule has 0 spiro atoms. The van der Waals surface area contributed by atoms with Crippen LogP contribution in [0.4, 0.5) is 0 Å². The van der Waals surface area contributed by atoms with E-state index in [0.29, 0.717) is 0 Å². The van der Waals surface area contributed by atoms with Crippen LogP contribution in [-0.4, -0.2) is 79.0 Å². The van der Waals surface area contributed by atoms with Gasteiger partial charge in [0.15, 0.2) is 17.2 Å². The Morgan fingerprint density at radius 3 is 2.13 bits per heavy atom. The van der Waals surface area contributed by atoms with E-state index in [1.807, 2.05) is 0 Å². The van der Waals surface area contributed by atoms with E-state index in [9.17, 15) is 35.4 Å². The average Bonchev–Trinajstić information content (AvgIpc) is 2.52. The molecule has 1 aliphatic heterocycles. The molecule has 7 N–H and O–H groups in total. The molecule has 4 unspecified atom stereocenters. The first-order valence-electron chi connectivity index (χ1n) is 6.52. The number of carbonyl (C=O) groups excluding carboxylic acids is 1. The predicted octanol–water partition coefficient (Wildman–Crippen LogP) is -2.24. The molecule has 1 heterocycles. The van der Waals surface area contributed by atoms with Crippen LogP contribution in [0.15, 0.2) is 12.1 Å². The minimum atomic E-state index is -1.78. The molecule has 10 heteroatoms. The van der Waals surface area contributed by atoms with E-state index in [4.69, 9.17) is 14.6 Å².